The Balaban J connectivity index is 1.86. The lowest BCUT2D eigenvalue weighted by Crippen LogP contribution is -2.60. The van der Waals surface area contributed by atoms with Gasteiger partial charge >= 0.3 is 0 Å². The van der Waals surface area contributed by atoms with Gasteiger partial charge in [0.15, 0.2) is 0 Å². The van der Waals surface area contributed by atoms with Crippen LogP contribution in [0.2, 0.25) is 0 Å². The second-order valence-electron chi connectivity index (χ2n) is 9.79. The average molecular weight is 440 g/mol. The number of hydrogen-bond acceptors (Lipinski definition) is 7. The summed E-state index contributed by atoms with van der Waals surface area (Å²) in [5.41, 5.74) is -0.0761. The van der Waals surface area contributed by atoms with Crippen LogP contribution in [0.3, 0.4) is 0 Å². The van der Waals surface area contributed by atoms with E-state index in [-0.39, 0.29) is 27.7 Å². The highest BCUT2D eigenvalue weighted by Gasteiger charge is 2.38. The van der Waals surface area contributed by atoms with Gasteiger partial charge in [-0.05, 0) is 59.7 Å². The standard InChI is InChI=1S/C20H33N5O4S/c1-19(2)13-15(14-20(3,4)22-19)21-17-7-6-16(12-18(17)25(26)27)30(28,29)24-10-8-23(5)9-11-24/h6-7,12,15,21-22H,8-11,13-14H2,1-5H3. The number of nitro benzene ring substituents is 1. The summed E-state index contributed by atoms with van der Waals surface area (Å²) in [4.78, 5) is 13.3. The lowest BCUT2D eigenvalue weighted by atomic mass is 9.79. The number of benzene rings is 1. The maximum Gasteiger partial charge on any atom is 0.293 e. The SMILES string of the molecule is CN1CCN(S(=O)(=O)c2ccc(NC3CC(C)(C)NC(C)(C)C3)c([N+](=O)[O-])c2)CC1. The predicted octanol–water partition coefficient (Wildman–Crippen LogP) is 2.25. The zero-order valence-corrected chi connectivity index (χ0v) is 19.3. The van der Waals surface area contributed by atoms with Gasteiger partial charge in [-0.3, -0.25) is 10.1 Å². The van der Waals surface area contributed by atoms with E-state index in [2.05, 4.69) is 43.2 Å². The fourth-order valence-corrected chi connectivity index (χ4v) is 6.21. The molecule has 2 saturated heterocycles. The van der Waals surface area contributed by atoms with Crippen molar-refractivity contribution in [3.8, 4) is 0 Å². The van der Waals surface area contributed by atoms with E-state index in [1.807, 2.05) is 7.05 Å². The third-order valence-electron chi connectivity index (χ3n) is 5.82. The molecule has 2 aliphatic heterocycles. The molecule has 0 aromatic heterocycles. The van der Waals surface area contributed by atoms with Crippen molar-refractivity contribution >= 4 is 21.4 Å². The number of rotatable bonds is 5. The molecular weight excluding hydrogens is 406 g/mol. The number of piperazine rings is 1. The number of likely N-dealkylation sites (N-methyl/N-ethyl adjacent to an activating group) is 1. The van der Waals surface area contributed by atoms with Crippen LogP contribution >= 0.6 is 0 Å². The van der Waals surface area contributed by atoms with Gasteiger partial charge in [0.05, 0.1) is 9.82 Å². The van der Waals surface area contributed by atoms with E-state index in [4.69, 9.17) is 0 Å². The molecule has 0 unspecified atom stereocenters. The number of hydrogen-bond donors (Lipinski definition) is 2. The van der Waals surface area contributed by atoms with Crippen molar-refractivity contribution in [3.05, 3.63) is 28.3 Å². The second-order valence-corrected chi connectivity index (χ2v) is 11.7. The molecule has 3 rings (SSSR count). The molecular formula is C20H33N5O4S. The highest BCUT2D eigenvalue weighted by molar-refractivity contribution is 7.89. The Kier molecular flexibility index (Phi) is 6.16. The smallest absolute Gasteiger partial charge is 0.293 e. The fourth-order valence-electron chi connectivity index (χ4n) is 4.77. The van der Waals surface area contributed by atoms with Crippen LogP contribution in [-0.4, -0.2) is 72.9 Å². The van der Waals surface area contributed by atoms with Gasteiger partial charge in [-0.15, -0.1) is 0 Å². The maximum atomic E-state index is 13.0. The number of sulfonamides is 1. The van der Waals surface area contributed by atoms with E-state index in [1.54, 1.807) is 0 Å². The molecule has 2 fully saturated rings. The molecule has 0 bridgehead atoms. The van der Waals surface area contributed by atoms with Crippen LogP contribution < -0.4 is 10.6 Å². The molecule has 10 heteroatoms. The number of anilines is 1. The molecule has 0 radical (unpaired) electrons. The third kappa shape index (κ3) is 5.11. The van der Waals surface area contributed by atoms with Crippen molar-refractivity contribution in [2.24, 2.45) is 0 Å². The molecule has 2 heterocycles. The quantitative estimate of drug-likeness (QED) is 0.535. The third-order valence-corrected chi connectivity index (χ3v) is 7.71. The van der Waals surface area contributed by atoms with Crippen LogP contribution in [0.4, 0.5) is 11.4 Å². The number of nitrogens with one attached hydrogen (secondary N) is 2. The summed E-state index contributed by atoms with van der Waals surface area (Å²) in [5, 5.41) is 18.7. The largest absolute Gasteiger partial charge is 0.377 e. The van der Waals surface area contributed by atoms with E-state index in [0.29, 0.717) is 31.9 Å². The minimum Gasteiger partial charge on any atom is -0.377 e. The Hall–Kier alpha value is -1.75. The molecule has 2 N–H and O–H groups in total. The monoisotopic (exact) mass is 439 g/mol. The molecule has 30 heavy (non-hydrogen) atoms. The van der Waals surface area contributed by atoms with Crippen LogP contribution in [0, 0.1) is 10.1 Å². The summed E-state index contributed by atoms with van der Waals surface area (Å²) in [6, 6.07) is 4.23. The van der Waals surface area contributed by atoms with Crippen molar-refractivity contribution in [2.75, 3.05) is 38.5 Å². The van der Waals surface area contributed by atoms with E-state index in [0.717, 1.165) is 12.8 Å². The number of piperidine rings is 1. The fraction of sp³-hybridized carbons (Fsp3) is 0.700. The predicted molar refractivity (Wildman–Crippen MR) is 117 cm³/mol. The lowest BCUT2D eigenvalue weighted by Gasteiger charge is -2.46. The summed E-state index contributed by atoms with van der Waals surface area (Å²) in [5.74, 6) is 0. The van der Waals surface area contributed by atoms with Gasteiger partial charge < -0.3 is 15.5 Å². The molecule has 0 amide bonds. The number of nitrogens with zero attached hydrogens (tertiary/aromatic N) is 3. The van der Waals surface area contributed by atoms with E-state index >= 15 is 0 Å². The minimum absolute atomic E-state index is 0.0322. The first kappa shape index (κ1) is 22.9. The molecule has 2 aliphatic rings. The first-order chi connectivity index (χ1) is 13.8. The molecule has 9 nitrogen and oxygen atoms in total. The summed E-state index contributed by atoms with van der Waals surface area (Å²) >= 11 is 0. The first-order valence-corrected chi connectivity index (χ1v) is 11.8. The van der Waals surface area contributed by atoms with Gasteiger partial charge in [-0.1, -0.05) is 0 Å². The molecule has 0 atom stereocenters. The van der Waals surface area contributed by atoms with Gasteiger partial charge in [-0.25, -0.2) is 8.42 Å². The van der Waals surface area contributed by atoms with E-state index in [9.17, 15) is 18.5 Å². The average Bonchev–Trinajstić information content (AvgIpc) is 2.59. The highest BCUT2D eigenvalue weighted by atomic mass is 32.2. The Labute approximate surface area is 179 Å². The van der Waals surface area contributed by atoms with Crippen molar-refractivity contribution in [1.29, 1.82) is 0 Å². The van der Waals surface area contributed by atoms with Gasteiger partial charge in [-0.2, -0.15) is 4.31 Å². The topological polar surface area (TPSA) is 108 Å². The van der Waals surface area contributed by atoms with Crippen LogP contribution in [-0.2, 0) is 10.0 Å². The highest BCUT2D eigenvalue weighted by Crippen LogP contribution is 2.34. The van der Waals surface area contributed by atoms with E-state index < -0.39 is 14.9 Å². The van der Waals surface area contributed by atoms with Crippen molar-refractivity contribution in [3.63, 3.8) is 0 Å². The van der Waals surface area contributed by atoms with E-state index in [1.165, 1.54) is 22.5 Å². The van der Waals surface area contributed by atoms with Crippen LogP contribution in [0.15, 0.2) is 23.1 Å². The summed E-state index contributed by atoms with van der Waals surface area (Å²) < 4.78 is 27.4. The molecule has 0 saturated carbocycles. The Morgan fingerprint density at radius 1 is 1.10 bits per heavy atom. The minimum atomic E-state index is -3.76. The van der Waals surface area contributed by atoms with Crippen LogP contribution in [0.25, 0.3) is 0 Å². The van der Waals surface area contributed by atoms with Crippen molar-refractivity contribution in [1.82, 2.24) is 14.5 Å². The Bertz CT molecular complexity index is 892. The van der Waals surface area contributed by atoms with Crippen LogP contribution in [0.5, 0.6) is 0 Å². The first-order valence-electron chi connectivity index (χ1n) is 10.3. The second kappa shape index (κ2) is 8.07. The van der Waals surface area contributed by atoms with Gasteiger partial charge in [0.1, 0.15) is 5.69 Å². The summed E-state index contributed by atoms with van der Waals surface area (Å²) in [6.07, 6.45) is 1.60. The van der Waals surface area contributed by atoms with Crippen molar-refractivity contribution < 1.29 is 13.3 Å². The zero-order valence-electron chi connectivity index (χ0n) is 18.4. The van der Waals surface area contributed by atoms with Gasteiger partial charge in [0, 0.05) is 49.4 Å². The van der Waals surface area contributed by atoms with Crippen LogP contribution in [0.1, 0.15) is 40.5 Å². The lowest BCUT2D eigenvalue weighted by molar-refractivity contribution is -0.384. The van der Waals surface area contributed by atoms with Gasteiger partial charge in [0.2, 0.25) is 10.0 Å². The molecule has 0 spiro atoms. The molecule has 1 aromatic carbocycles. The summed E-state index contributed by atoms with van der Waals surface area (Å²) in [7, 11) is -1.82. The molecule has 1 aromatic rings. The normalized spacial score (nSPS) is 23.2. The Morgan fingerprint density at radius 2 is 1.67 bits per heavy atom. The maximum absolute atomic E-state index is 13.0. The number of nitro groups is 1. The molecule has 0 aliphatic carbocycles. The summed E-state index contributed by atoms with van der Waals surface area (Å²) in [6.45, 7) is 10.5. The zero-order chi connectivity index (χ0) is 22.3. The Morgan fingerprint density at radius 3 is 2.20 bits per heavy atom. The molecule has 168 valence electrons. The van der Waals surface area contributed by atoms with Gasteiger partial charge in [0.25, 0.3) is 5.69 Å². The van der Waals surface area contributed by atoms with Crippen molar-refractivity contribution in [2.45, 2.75) is 62.6 Å².